The molecule has 6 heteroatoms. The molecule has 0 unspecified atom stereocenters. The highest BCUT2D eigenvalue weighted by atomic mass is 19.4. The molecule has 0 fully saturated rings. The van der Waals surface area contributed by atoms with Crippen molar-refractivity contribution in [1.82, 2.24) is 10.2 Å². The number of benzene rings is 1. The first-order valence-electron chi connectivity index (χ1n) is 6.27. The van der Waals surface area contributed by atoms with Gasteiger partial charge in [0.2, 0.25) is 0 Å². The summed E-state index contributed by atoms with van der Waals surface area (Å²) >= 11 is 0. The van der Waals surface area contributed by atoms with Crippen molar-refractivity contribution < 1.29 is 18.0 Å². The number of halogens is 3. The van der Waals surface area contributed by atoms with Crippen molar-refractivity contribution in [2.24, 2.45) is 0 Å². The number of carbonyl (C=O) groups is 1. The van der Waals surface area contributed by atoms with Crippen LogP contribution < -0.4 is 0 Å². The SMILES string of the molecule is Cc1cc(C(=O)Cc2ccc(C(F)(F)F)cc2)c(C)nn1. The number of hydrogen-bond donors (Lipinski definition) is 0. The van der Waals surface area contributed by atoms with E-state index in [1.807, 2.05) is 0 Å². The maximum atomic E-state index is 12.5. The van der Waals surface area contributed by atoms with Crippen molar-refractivity contribution in [2.75, 3.05) is 0 Å². The average Bonchev–Trinajstić information content (AvgIpc) is 2.41. The van der Waals surface area contributed by atoms with E-state index in [9.17, 15) is 18.0 Å². The normalized spacial score (nSPS) is 11.5. The van der Waals surface area contributed by atoms with Crippen LogP contribution in [0.25, 0.3) is 0 Å². The first-order chi connectivity index (χ1) is 9.77. The lowest BCUT2D eigenvalue weighted by Gasteiger charge is -2.08. The van der Waals surface area contributed by atoms with Crippen LogP contribution in [0.2, 0.25) is 0 Å². The Hall–Kier alpha value is -2.24. The third kappa shape index (κ3) is 3.65. The molecule has 0 aliphatic rings. The molecular formula is C15H13F3N2O. The summed E-state index contributed by atoms with van der Waals surface area (Å²) in [7, 11) is 0. The molecule has 0 saturated carbocycles. The van der Waals surface area contributed by atoms with Crippen LogP contribution in [0.3, 0.4) is 0 Å². The zero-order valence-electron chi connectivity index (χ0n) is 11.5. The third-order valence-corrected chi connectivity index (χ3v) is 3.05. The number of nitrogens with zero attached hydrogens (tertiary/aromatic N) is 2. The second-order valence-electron chi connectivity index (χ2n) is 4.78. The molecule has 1 aromatic heterocycles. The summed E-state index contributed by atoms with van der Waals surface area (Å²) in [5.74, 6) is -0.190. The minimum atomic E-state index is -4.37. The molecule has 0 atom stereocenters. The molecule has 1 aromatic carbocycles. The summed E-state index contributed by atoms with van der Waals surface area (Å²) in [5, 5.41) is 7.71. The average molecular weight is 294 g/mol. The largest absolute Gasteiger partial charge is 0.416 e. The zero-order chi connectivity index (χ0) is 15.6. The van der Waals surface area contributed by atoms with E-state index in [1.165, 1.54) is 12.1 Å². The van der Waals surface area contributed by atoms with Gasteiger partial charge < -0.3 is 0 Å². The van der Waals surface area contributed by atoms with Crippen molar-refractivity contribution in [3.8, 4) is 0 Å². The van der Waals surface area contributed by atoms with Gasteiger partial charge in [0.15, 0.2) is 5.78 Å². The number of aromatic nitrogens is 2. The lowest BCUT2D eigenvalue weighted by Crippen LogP contribution is -2.09. The number of ketones is 1. The van der Waals surface area contributed by atoms with Gasteiger partial charge in [-0.25, -0.2) is 0 Å². The van der Waals surface area contributed by atoms with Gasteiger partial charge >= 0.3 is 6.18 Å². The molecule has 0 amide bonds. The lowest BCUT2D eigenvalue weighted by atomic mass is 10.0. The zero-order valence-corrected chi connectivity index (χ0v) is 11.5. The maximum absolute atomic E-state index is 12.5. The van der Waals surface area contributed by atoms with E-state index in [0.29, 0.717) is 22.5 Å². The first-order valence-corrected chi connectivity index (χ1v) is 6.27. The molecule has 2 rings (SSSR count). The van der Waals surface area contributed by atoms with Crippen LogP contribution in [0, 0.1) is 13.8 Å². The molecule has 0 N–H and O–H groups in total. The minimum absolute atomic E-state index is 0.0319. The van der Waals surface area contributed by atoms with Gasteiger partial charge in [-0.1, -0.05) is 12.1 Å². The molecule has 0 bridgehead atoms. The van der Waals surface area contributed by atoms with Gasteiger partial charge in [0.1, 0.15) is 0 Å². The Morgan fingerprint density at radius 1 is 1.10 bits per heavy atom. The highest BCUT2D eigenvalue weighted by Crippen LogP contribution is 2.29. The highest BCUT2D eigenvalue weighted by molar-refractivity contribution is 5.98. The van der Waals surface area contributed by atoms with Crippen LogP contribution >= 0.6 is 0 Å². The van der Waals surface area contributed by atoms with E-state index in [1.54, 1.807) is 19.9 Å². The van der Waals surface area contributed by atoms with E-state index in [0.717, 1.165) is 12.1 Å². The molecule has 2 aromatic rings. The fourth-order valence-electron chi connectivity index (χ4n) is 1.92. The van der Waals surface area contributed by atoms with Crippen molar-refractivity contribution in [1.29, 1.82) is 0 Å². The second-order valence-corrected chi connectivity index (χ2v) is 4.78. The summed E-state index contributed by atoms with van der Waals surface area (Å²) in [4.78, 5) is 12.2. The van der Waals surface area contributed by atoms with Crippen LogP contribution in [0.4, 0.5) is 13.2 Å². The Balaban J connectivity index is 2.18. The molecule has 110 valence electrons. The van der Waals surface area contributed by atoms with Crippen LogP contribution in [-0.4, -0.2) is 16.0 Å². The predicted molar refractivity (Wildman–Crippen MR) is 71.0 cm³/mol. The molecule has 0 spiro atoms. The summed E-state index contributed by atoms with van der Waals surface area (Å²) in [6, 6.07) is 6.22. The molecule has 0 saturated heterocycles. The van der Waals surface area contributed by atoms with E-state index < -0.39 is 11.7 Å². The van der Waals surface area contributed by atoms with Crippen LogP contribution in [-0.2, 0) is 12.6 Å². The maximum Gasteiger partial charge on any atom is 0.416 e. The van der Waals surface area contributed by atoms with Gasteiger partial charge in [-0.3, -0.25) is 4.79 Å². The van der Waals surface area contributed by atoms with Crippen LogP contribution in [0.1, 0.15) is 32.9 Å². The molecule has 0 aliphatic carbocycles. The Kier molecular flexibility index (Phi) is 4.06. The summed E-state index contributed by atoms with van der Waals surface area (Å²) in [6.07, 6.45) is -4.34. The summed E-state index contributed by atoms with van der Waals surface area (Å²) in [5.41, 5.74) is 1.38. The fourth-order valence-corrected chi connectivity index (χ4v) is 1.92. The van der Waals surface area contributed by atoms with Gasteiger partial charge in [0.05, 0.1) is 17.0 Å². The van der Waals surface area contributed by atoms with Crippen molar-refractivity contribution >= 4 is 5.78 Å². The molecular weight excluding hydrogens is 281 g/mol. The lowest BCUT2D eigenvalue weighted by molar-refractivity contribution is -0.137. The number of aryl methyl sites for hydroxylation is 2. The molecule has 1 heterocycles. The number of alkyl halides is 3. The minimum Gasteiger partial charge on any atom is -0.294 e. The molecule has 3 nitrogen and oxygen atoms in total. The molecule has 21 heavy (non-hydrogen) atoms. The van der Waals surface area contributed by atoms with Gasteiger partial charge in [-0.05, 0) is 37.6 Å². The van der Waals surface area contributed by atoms with E-state index in [2.05, 4.69) is 10.2 Å². The quantitative estimate of drug-likeness (QED) is 0.813. The Bertz CT molecular complexity index is 664. The smallest absolute Gasteiger partial charge is 0.294 e. The van der Waals surface area contributed by atoms with Crippen molar-refractivity contribution in [3.63, 3.8) is 0 Å². The number of carbonyl (C=O) groups excluding carboxylic acids is 1. The number of hydrogen-bond acceptors (Lipinski definition) is 3. The highest BCUT2D eigenvalue weighted by Gasteiger charge is 2.30. The molecule has 0 radical (unpaired) electrons. The topological polar surface area (TPSA) is 42.9 Å². The van der Waals surface area contributed by atoms with E-state index in [4.69, 9.17) is 0 Å². The number of rotatable bonds is 3. The Morgan fingerprint density at radius 3 is 2.29 bits per heavy atom. The van der Waals surface area contributed by atoms with Crippen LogP contribution in [0.15, 0.2) is 30.3 Å². The fraction of sp³-hybridized carbons (Fsp3) is 0.267. The number of Topliss-reactive ketones (excluding diaryl/α,β-unsaturated/α-hetero) is 1. The second kappa shape index (κ2) is 5.63. The first kappa shape index (κ1) is 15.2. The standard InChI is InChI=1S/C15H13F3N2O/c1-9-7-13(10(2)20-19-9)14(21)8-11-3-5-12(6-4-11)15(16,17)18/h3-7H,8H2,1-2H3. The van der Waals surface area contributed by atoms with Gasteiger partial charge in [0.25, 0.3) is 0 Å². The van der Waals surface area contributed by atoms with Crippen molar-refractivity contribution in [3.05, 3.63) is 58.4 Å². The van der Waals surface area contributed by atoms with Gasteiger partial charge in [0, 0.05) is 12.0 Å². The summed E-state index contributed by atoms with van der Waals surface area (Å²) < 4.78 is 37.4. The summed E-state index contributed by atoms with van der Waals surface area (Å²) in [6.45, 7) is 3.40. The molecule has 0 aliphatic heterocycles. The third-order valence-electron chi connectivity index (χ3n) is 3.05. The van der Waals surface area contributed by atoms with E-state index >= 15 is 0 Å². The Morgan fingerprint density at radius 2 is 1.71 bits per heavy atom. The monoisotopic (exact) mass is 294 g/mol. The van der Waals surface area contributed by atoms with Gasteiger partial charge in [-0.15, -0.1) is 0 Å². The van der Waals surface area contributed by atoms with Gasteiger partial charge in [-0.2, -0.15) is 23.4 Å². The van der Waals surface area contributed by atoms with E-state index in [-0.39, 0.29) is 12.2 Å². The van der Waals surface area contributed by atoms with Crippen molar-refractivity contribution in [2.45, 2.75) is 26.4 Å². The predicted octanol–water partition coefficient (Wildman–Crippen LogP) is 3.54. The Labute approximate surface area is 119 Å². The van der Waals surface area contributed by atoms with Crippen LogP contribution in [0.5, 0.6) is 0 Å².